The summed E-state index contributed by atoms with van der Waals surface area (Å²) in [6, 6.07) is 5.68. The number of piperazine rings is 1. The molecule has 2 amide bonds. The van der Waals surface area contributed by atoms with Crippen LogP contribution in [0, 0.1) is 11.7 Å². The SMILES string of the molecule is CC1C(=O)NC(C2CC2)C(=O)N1CCc1ccccc1F. The van der Waals surface area contributed by atoms with E-state index in [2.05, 4.69) is 5.32 Å². The van der Waals surface area contributed by atoms with E-state index >= 15 is 0 Å². The van der Waals surface area contributed by atoms with Crippen molar-refractivity contribution in [3.05, 3.63) is 35.6 Å². The molecular formula is C16H19FN2O2. The Balaban J connectivity index is 1.71. The molecule has 1 aromatic rings. The molecule has 1 aromatic carbocycles. The van der Waals surface area contributed by atoms with Crippen LogP contribution in [0.2, 0.25) is 0 Å². The zero-order valence-electron chi connectivity index (χ0n) is 12.0. The molecule has 2 atom stereocenters. The molecule has 5 heteroatoms. The van der Waals surface area contributed by atoms with Gasteiger partial charge in [-0.2, -0.15) is 0 Å². The van der Waals surface area contributed by atoms with E-state index in [1.807, 2.05) is 0 Å². The van der Waals surface area contributed by atoms with Gasteiger partial charge in [0.1, 0.15) is 17.9 Å². The summed E-state index contributed by atoms with van der Waals surface area (Å²) in [5, 5.41) is 2.81. The summed E-state index contributed by atoms with van der Waals surface area (Å²) >= 11 is 0. The van der Waals surface area contributed by atoms with Crippen molar-refractivity contribution >= 4 is 11.8 Å². The molecule has 2 unspecified atom stereocenters. The molecule has 2 aliphatic rings. The Morgan fingerprint density at radius 1 is 1.29 bits per heavy atom. The highest BCUT2D eigenvalue weighted by Crippen LogP contribution is 2.35. The van der Waals surface area contributed by atoms with E-state index in [9.17, 15) is 14.0 Å². The molecule has 1 saturated heterocycles. The first-order valence-electron chi connectivity index (χ1n) is 7.42. The predicted molar refractivity (Wildman–Crippen MR) is 75.9 cm³/mol. The van der Waals surface area contributed by atoms with E-state index in [0.29, 0.717) is 18.5 Å². The lowest BCUT2D eigenvalue weighted by Gasteiger charge is -2.37. The zero-order chi connectivity index (χ0) is 15.0. The number of carbonyl (C=O) groups is 2. The molecule has 3 rings (SSSR count). The van der Waals surface area contributed by atoms with Crippen LogP contribution < -0.4 is 5.32 Å². The molecule has 1 aliphatic heterocycles. The van der Waals surface area contributed by atoms with Gasteiger partial charge in [-0.25, -0.2) is 4.39 Å². The number of rotatable bonds is 4. The highest BCUT2D eigenvalue weighted by molar-refractivity contribution is 5.97. The summed E-state index contributed by atoms with van der Waals surface area (Å²) in [4.78, 5) is 26.1. The van der Waals surface area contributed by atoms with Crippen molar-refractivity contribution in [3.8, 4) is 0 Å². The topological polar surface area (TPSA) is 49.4 Å². The van der Waals surface area contributed by atoms with Crippen LogP contribution in [-0.4, -0.2) is 35.3 Å². The van der Waals surface area contributed by atoms with Crippen LogP contribution in [0.25, 0.3) is 0 Å². The number of nitrogens with zero attached hydrogens (tertiary/aromatic N) is 1. The number of carbonyl (C=O) groups excluding carboxylic acids is 2. The van der Waals surface area contributed by atoms with Gasteiger partial charge in [-0.15, -0.1) is 0 Å². The van der Waals surface area contributed by atoms with Gasteiger partial charge in [-0.1, -0.05) is 18.2 Å². The van der Waals surface area contributed by atoms with Crippen LogP contribution in [0.5, 0.6) is 0 Å². The number of benzene rings is 1. The Hall–Kier alpha value is -1.91. The lowest BCUT2D eigenvalue weighted by Crippen LogP contribution is -2.63. The van der Waals surface area contributed by atoms with Gasteiger partial charge in [0.25, 0.3) is 0 Å². The highest BCUT2D eigenvalue weighted by atomic mass is 19.1. The third-order valence-corrected chi connectivity index (χ3v) is 4.37. The number of amides is 2. The Bertz CT molecular complexity index is 571. The molecule has 1 heterocycles. The average molecular weight is 290 g/mol. The quantitative estimate of drug-likeness (QED) is 0.913. The minimum Gasteiger partial charge on any atom is -0.342 e. The first kappa shape index (κ1) is 14.0. The van der Waals surface area contributed by atoms with E-state index in [1.54, 1.807) is 30.0 Å². The summed E-state index contributed by atoms with van der Waals surface area (Å²) in [6.07, 6.45) is 2.41. The van der Waals surface area contributed by atoms with Crippen LogP contribution in [0.15, 0.2) is 24.3 Å². The molecule has 21 heavy (non-hydrogen) atoms. The van der Waals surface area contributed by atoms with Crippen LogP contribution in [0.1, 0.15) is 25.3 Å². The second kappa shape index (κ2) is 5.47. The van der Waals surface area contributed by atoms with E-state index in [4.69, 9.17) is 0 Å². The van der Waals surface area contributed by atoms with E-state index in [-0.39, 0.29) is 29.6 Å². The first-order valence-corrected chi connectivity index (χ1v) is 7.42. The Morgan fingerprint density at radius 3 is 2.67 bits per heavy atom. The monoisotopic (exact) mass is 290 g/mol. The molecule has 0 spiro atoms. The average Bonchev–Trinajstić information content (AvgIpc) is 3.29. The third kappa shape index (κ3) is 2.77. The summed E-state index contributed by atoms with van der Waals surface area (Å²) in [5.74, 6) is -0.122. The van der Waals surface area contributed by atoms with Crippen molar-refractivity contribution in [2.45, 2.75) is 38.3 Å². The largest absolute Gasteiger partial charge is 0.342 e. The fraction of sp³-hybridized carbons (Fsp3) is 0.500. The molecule has 0 aromatic heterocycles. The smallest absolute Gasteiger partial charge is 0.246 e. The second-order valence-electron chi connectivity index (χ2n) is 5.87. The molecule has 0 bridgehead atoms. The maximum Gasteiger partial charge on any atom is 0.246 e. The molecule has 2 fully saturated rings. The first-order chi connectivity index (χ1) is 10.1. The lowest BCUT2D eigenvalue weighted by molar-refractivity contribution is -0.149. The number of hydrogen-bond acceptors (Lipinski definition) is 2. The van der Waals surface area contributed by atoms with Crippen LogP contribution >= 0.6 is 0 Å². The molecule has 4 nitrogen and oxygen atoms in total. The summed E-state index contributed by atoms with van der Waals surface area (Å²) in [6.45, 7) is 2.09. The van der Waals surface area contributed by atoms with Gasteiger partial charge in [0.15, 0.2) is 0 Å². The fourth-order valence-electron chi connectivity index (χ4n) is 2.84. The van der Waals surface area contributed by atoms with Crippen molar-refractivity contribution in [2.24, 2.45) is 5.92 Å². The van der Waals surface area contributed by atoms with Crippen molar-refractivity contribution < 1.29 is 14.0 Å². The van der Waals surface area contributed by atoms with Gasteiger partial charge in [-0.05, 0) is 43.7 Å². The number of hydrogen-bond donors (Lipinski definition) is 1. The van der Waals surface area contributed by atoms with Gasteiger partial charge in [-0.3, -0.25) is 9.59 Å². The molecule has 1 saturated carbocycles. The maximum absolute atomic E-state index is 13.6. The molecule has 1 N–H and O–H groups in total. The normalized spacial score (nSPS) is 25.9. The van der Waals surface area contributed by atoms with Gasteiger partial charge >= 0.3 is 0 Å². The van der Waals surface area contributed by atoms with Crippen LogP contribution in [0.3, 0.4) is 0 Å². The maximum atomic E-state index is 13.6. The van der Waals surface area contributed by atoms with E-state index < -0.39 is 6.04 Å². The lowest BCUT2D eigenvalue weighted by atomic mass is 10.0. The van der Waals surface area contributed by atoms with Gasteiger partial charge in [0.05, 0.1) is 0 Å². The van der Waals surface area contributed by atoms with Gasteiger partial charge in [0.2, 0.25) is 11.8 Å². The molecule has 1 aliphatic carbocycles. The minimum atomic E-state index is -0.487. The zero-order valence-corrected chi connectivity index (χ0v) is 12.0. The van der Waals surface area contributed by atoms with Crippen molar-refractivity contribution in [2.75, 3.05) is 6.54 Å². The second-order valence-corrected chi connectivity index (χ2v) is 5.87. The number of nitrogens with one attached hydrogen (secondary N) is 1. The van der Waals surface area contributed by atoms with Crippen LogP contribution in [-0.2, 0) is 16.0 Å². The highest BCUT2D eigenvalue weighted by Gasteiger charge is 2.45. The van der Waals surface area contributed by atoms with E-state index in [0.717, 1.165) is 12.8 Å². The summed E-state index contributed by atoms with van der Waals surface area (Å²) in [5.41, 5.74) is 0.575. The Labute approximate surface area is 123 Å². The van der Waals surface area contributed by atoms with Gasteiger partial charge in [0, 0.05) is 6.54 Å². The third-order valence-electron chi connectivity index (χ3n) is 4.37. The van der Waals surface area contributed by atoms with Gasteiger partial charge < -0.3 is 10.2 Å². The Kier molecular flexibility index (Phi) is 3.66. The summed E-state index contributed by atoms with van der Waals surface area (Å²) < 4.78 is 13.6. The van der Waals surface area contributed by atoms with Crippen molar-refractivity contribution in [3.63, 3.8) is 0 Å². The van der Waals surface area contributed by atoms with Crippen molar-refractivity contribution in [1.82, 2.24) is 10.2 Å². The Morgan fingerprint density at radius 2 is 2.00 bits per heavy atom. The number of halogens is 1. The standard InChI is InChI=1S/C16H19FN2O2/c1-10-15(20)18-14(12-6-7-12)16(21)19(10)9-8-11-4-2-3-5-13(11)17/h2-5,10,12,14H,6-9H2,1H3,(H,18,20). The molecule has 0 radical (unpaired) electrons. The molecule has 112 valence electrons. The minimum absolute atomic E-state index is 0.0269. The predicted octanol–water partition coefficient (Wildman–Crippen LogP) is 1.49. The van der Waals surface area contributed by atoms with Crippen LogP contribution in [0.4, 0.5) is 4.39 Å². The summed E-state index contributed by atoms with van der Waals surface area (Å²) in [7, 11) is 0. The molecular weight excluding hydrogens is 271 g/mol. The van der Waals surface area contributed by atoms with Crippen molar-refractivity contribution in [1.29, 1.82) is 0 Å². The van der Waals surface area contributed by atoms with E-state index in [1.165, 1.54) is 6.07 Å². The fourth-order valence-corrected chi connectivity index (χ4v) is 2.84.